The minimum absolute atomic E-state index is 0.203. The molecule has 0 amide bonds. The van der Waals surface area contributed by atoms with Gasteiger partial charge in [0.15, 0.2) is 0 Å². The highest BCUT2D eigenvalue weighted by atomic mass is 127. The van der Waals surface area contributed by atoms with Crippen LogP contribution in [0.3, 0.4) is 0 Å². The summed E-state index contributed by atoms with van der Waals surface area (Å²) in [5.74, 6) is 0. The maximum Gasteiger partial charge on any atom is 0.0577 e. The van der Waals surface area contributed by atoms with E-state index in [1.807, 2.05) is 0 Å². The van der Waals surface area contributed by atoms with Crippen LogP contribution in [-0.4, -0.2) is 6.54 Å². The topological polar surface area (TPSA) is 12.0 Å². The maximum absolute atomic E-state index is 3.60. The van der Waals surface area contributed by atoms with E-state index in [-0.39, 0.29) is 11.5 Å². The molecule has 1 nitrogen and oxygen atoms in total. The standard InChI is InChI=1S/C19H24IN/c1-5-21-18(15-7-6-8-17(20)13-15)14-9-11-16(12-10-14)19(2,3)4/h6-13,18,21H,5H2,1-4H3. The Hall–Kier alpha value is -0.870. The van der Waals surface area contributed by atoms with Crippen molar-refractivity contribution in [1.82, 2.24) is 5.32 Å². The Bertz CT molecular complexity index is 581. The normalized spacial score (nSPS) is 13.2. The molecule has 0 aromatic heterocycles. The first-order chi connectivity index (χ1) is 9.91. The first-order valence-electron chi connectivity index (χ1n) is 7.51. The monoisotopic (exact) mass is 393 g/mol. The summed E-state index contributed by atoms with van der Waals surface area (Å²) in [6.07, 6.45) is 0. The molecule has 1 atom stereocenters. The van der Waals surface area contributed by atoms with Crippen LogP contribution in [0.1, 0.15) is 50.4 Å². The van der Waals surface area contributed by atoms with Gasteiger partial charge in [-0.1, -0.05) is 64.1 Å². The SMILES string of the molecule is CCNC(c1ccc(C(C)(C)C)cc1)c1cccc(I)c1. The second kappa shape index (κ2) is 6.93. The van der Waals surface area contributed by atoms with Crippen molar-refractivity contribution in [3.8, 4) is 0 Å². The fraction of sp³-hybridized carbons (Fsp3) is 0.368. The van der Waals surface area contributed by atoms with Crippen LogP contribution < -0.4 is 5.32 Å². The van der Waals surface area contributed by atoms with Crippen molar-refractivity contribution in [1.29, 1.82) is 0 Å². The Balaban J connectivity index is 2.34. The Kier molecular flexibility index (Phi) is 5.44. The highest BCUT2D eigenvalue weighted by molar-refractivity contribution is 14.1. The van der Waals surface area contributed by atoms with Gasteiger partial charge in [0.25, 0.3) is 0 Å². The Morgan fingerprint density at radius 2 is 1.67 bits per heavy atom. The molecule has 0 aliphatic rings. The summed E-state index contributed by atoms with van der Waals surface area (Å²) in [7, 11) is 0. The third-order valence-corrected chi connectivity index (χ3v) is 4.37. The van der Waals surface area contributed by atoms with Gasteiger partial charge >= 0.3 is 0 Å². The molecule has 0 heterocycles. The minimum atomic E-state index is 0.203. The van der Waals surface area contributed by atoms with Crippen molar-refractivity contribution in [2.75, 3.05) is 6.54 Å². The Labute approximate surface area is 142 Å². The van der Waals surface area contributed by atoms with Crippen LogP contribution in [0.5, 0.6) is 0 Å². The van der Waals surface area contributed by atoms with E-state index in [1.165, 1.54) is 20.3 Å². The van der Waals surface area contributed by atoms with Crippen molar-refractivity contribution >= 4 is 22.6 Å². The van der Waals surface area contributed by atoms with E-state index in [1.54, 1.807) is 0 Å². The molecule has 2 rings (SSSR count). The lowest BCUT2D eigenvalue weighted by Gasteiger charge is -2.22. The van der Waals surface area contributed by atoms with Crippen LogP contribution in [0, 0.1) is 3.57 Å². The van der Waals surface area contributed by atoms with Gasteiger partial charge in [-0.25, -0.2) is 0 Å². The summed E-state index contributed by atoms with van der Waals surface area (Å²) in [6, 6.07) is 18.0. The van der Waals surface area contributed by atoms with Gasteiger partial charge in [-0.05, 0) is 63.4 Å². The van der Waals surface area contributed by atoms with Gasteiger partial charge in [-0.2, -0.15) is 0 Å². The minimum Gasteiger partial charge on any atom is -0.307 e. The Morgan fingerprint density at radius 3 is 2.19 bits per heavy atom. The van der Waals surface area contributed by atoms with Crippen LogP contribution in [0.25, 0.3) is 0 Å². The summed E-state index contributed by atoms with van der Waals surface area (Å²) in [6.45, 7) is 9.87. The van der Waals surface area contributed by atoms with E-state index < -0.39 is 0 Å². The molecule has 0 aliphatic heterocycles. The molecule has 0 saturated heterocycles. The van der Waals surface area contributed by atoms with E-state index >= 15 is 0 Å². The van der Waals surface area contributed by atoms with Crippen LogP contribution in [0.2, 0.25) is 0 Å². The smallest absolute Gasteiger partial charge is 0.0577 e. The highest BCUT2D eigenvalue weighted by Crippen LogP contribution is 2.27. The van der Waals surface area contributed by atoms with Crippen molar-refractivity contribution in [2.24, 2.45) is 0 Å². The molecule has 1 N–H and O–H groups in total. The molecule has 0 radical (unpaired) electrons. The van der Waals surface area contributed by atoms with Crippen LogP contribution in [0.4, 0.5) is 0 Å². The summed E-state index contributed by atoms with van der Waals surface area (Å²) < 4.78 is 1.28. The van der Waals surface area contributed by atoms with Gasteiger partial charge in [-0.3, -0.25) is 0 Å². The molecule has 2 heteroatoms. The maximum atomic E-state index is 3.60. The molecule has 2 aromatic carbocycles. The third-order valence-electron chi connectivity index (χ3n) is 3.70. The predicted molar refractivity (Wildman–Crippen MR) is 99.8 cm³/mol. The Morgan fingerprint density at radius 1 is 1.00 bits per heavy atom. The third kappa shape index (κ3) is 4.30. The average Bonchev–Trinajstić information content (AvgIpc) is 2.44. The first kappa shape index (κ1) is 16.5. The fourth-order valence-corrected chi connectivity index (χ4v) is 3.06. The van der Waals surface area contributed by atoms with Crippen molar-refractivity contribution in [3.05, 3.63) is 68.8 Å². The number of halogens is 1. The van der Waals surface area contributed by atoms with Crippen LogP contribution in [-0.2, 0) is 5.41 Å². The fourth-order valence-electron chi connectivity index (χ4n) is 2.49. The van der Waals surface area contributed by atoms with Crippen molar-refractivity contribution < 1.29 is 0 Å². The molecular weight excluding hydrogens is 369 g/mol. The zero-order valence-electron chi connectivity index (χ0n) is 13.3. The van der Waals surface area contributed by atoms with E-state index in [0.29, 0.717) is 0 Å². The van der Waals surface area contributed by atoms with Gasteiger partial charge in [0.1, 0.15) is 0 Å². The molecule has 0 spiro atoms. The molecular formula is C19H24IN. The number of hydrogen-bond acceptors (Lipinski definition) is 1. The summed E-state index contributed by atoms with van der Waals surface area (Å²) in [5, 5.41) is 3.60. The highest BCUT2D eigenvalue weighted by Gasteiger charge is 2.16. The summed E-state index contributed by atoms with van der Waals surface area (Å²) >= 11 is 2.37. The number of rotatable bonds is 4. The predicted octanol–water partition coefficient (Wildman–Crippen LogP) is 5.29. The van der Waals surface area contributed by atoms with Crippen LogP contribution in [0.15, 0.2) is 48.5 Å². The zero-order valence-corrected chi connectivity index (χ0v) is 15.4. The molecule has 21 heavy (non-hydrogen) atoms. The lowest BCUT2D eigenvalue weighted by Crippen LogP contribution is -2.22. The van der Waals surface area contributed by atoms with Crippen molar-refractivity contribution in [3.63, 3.8) is 0 Å². The number of nitrogens with one attached hydrogen (secondary N) is 1. The lowest BCUT2D eigenvalue weighted by atomic mass is 9.86. The molecule has 0 fully saturated rings. The first-order valence-corrected chi connectivity index (χ1v) is 8.59. The second-order valence-corrected chi connectivity index (χ2v) is 7.66. The number of hydrogen-bond donors (Lipinski definition) is 1. The van der Waals surface area contributed by atoms with Gasteiger partial charge < -0.3 is 5.32 Å². The lowest BCUT2D eigenvalue weighted by molar-refractivity contribution is 0.587. The second-order valence-electron chi connectivity index (χ2n) is 6.42. The van der Waals surface area contributed by atoms with Crippen LogP contribution >= 0.6 is 22.6 Å². The molecule has 0 aliphatic carbocycles. The van der Waals surface area contributed by atoms with Gasteiger partial charge in [0, 0.05) is 3.57 Å². The van der Waals surface area contributed by atoms with Gasteiger partial charge in [0.05, 0.1) is 6.04 Å². The molecule has 2 aromatic rings. The van der Waals surface area contributed by atoms with Crippen molar-refractivity contribution in [2.45, 2.75) is 39.2 Å². The van der Waals surface area contributed by atoms with Gasteiger partial charge in [-0.15, -0.1) is 0 Å². The molecule has 0 bridgehead atoms. The molecule has 112 valence electrons. The van der Waals surface area contributed by atoms with Gasteiger partial charge in [0.2, 0.25) is 0 Å². The quantitative estimate of drug-likeness (QED) is 0.697. The van der Waals surface area contributed by atoms with E-state index in [9.17, 15) is 0 Å². The van der Waals surface area contributed by atoms with E-state index in [4.69, 9.17) is 0 Å². The number of benzene rings is 2. The van der Waals surface area contributed by atoms with E-state index in [2.05, 4.69) is 104 Å². The molecule has 0 saturated carbocycles. The molecule has 1 unspecified atom stereocenters. The zero-order chi connectivity index (χ0) is 15.5. The average molecular weight is 393 g/mol. The summed E-state index contributed by atoms with van der Waals surface area (Å²) in [4.78, 5) is 0. The summed E-state index contributed by atoms with van der Waals surface area (Å²) in [5.41, 5.74) is 4.23. The van der Waals surface area contributed by atoms with E-state index in [0.717, 1.165) is 6.54 Å². The largest absolute Gasteiger partial charge is 0.307 e.